The zero-order valence-electron chi connectivity index (χ0n) is 12.1. The van der Waals surface area contributed by atoms with Crippen LogP contribution in [0.5, 0.6) is 5.75 Å². The minimum Gasteiger partial charge on any atom is -0.508 e. The van der Waals surface area contributed by atoms with Crippen molar-refractivity contribution in [1.82, 2.24) is 4.90 Å². The van der Waals surface area contributed by atoms with Crippen molar-refractivity contribution < 1.29 is 15.0 Å². The number of carboxylic acids is 1. The highest BCUT2D eigenvalue weighted by atomic mass is 16.4. The van der Waals surface area contributed by atoms with Crippen LogP contribution in [0.4, 0.5) is 0 Å². The summed E-state index contributed by atoms with van der Waals surface area (Å²) in [6.07, 6.45) is 0.876. The molecule has 0 aliphatic carbocycles. The van der Waals surface area contributed by atoms with Crippen molar-refractivity contribution in [3.05, 3.63) is 29.3 Å². The van der Waals surface area contributed by atoms with Gasteiger partial charge in [0.15, 0.2) is 0 Å². The number of hydrogen-bond donors (Lipinski definition) is 2. The van der Waals surface area contributed by atoms with E-state index in [1.165, 1.54) is 0 Å². The van der Waals surface area contributed by atoms with Crippen molar-refractivity contribution in [3.8, 4) is 5.75 Å². The van der Waals surface area contributed by atoms with Gasteiger partial charge in [-0.2, -0.15) is 0 Å². The second-order valence-corrected chi connectivity index (χ2v) is 5.86. The molecule has 19 heavy (non-hydrogen) atoms. The summed E-state index contributed by atoms with van der Waals surface area (Å²) in [7, 11) is 4.02. The number of carbonyl (C=O) groups is 1. The van der Waals surface area contributed by atoms with Gasteiger partial charge in [0.05, 0.1) is 6.42 Å². The number of hydrogen-bond acceptors (Lipinski definition) is 3. The Morgan fingerprint density at radius 2 is 1.95 bits per heavy atom. The maximum atomic E-state index is 10.9. The molecular weight excluding hydrogens is 242 g/mol. The van der Waals surface area contributed by atoms with E-state index < -0.39 is 11.4 Å². The topological polar surface area (TPSA) is 60.8 Å². The van der Waals surface area contributed by atoms with E-state index in [1.54, 1.807) is 6.07 Å². The van der Waals surface area contributed by atoms with Gasteiger partial charge >= 0.3 is 5.97 Å². The lowest BCUT2D eigenvalue weighted by Gasteiger charge is -2.25. The van der Waals surface area contributed by atoms with Crippen LogP contribution in [0.3, 0.4) is 0 Å². The summed E-state index contributed by atoms with van der Waals surface area (Å²) in [5.41, 5.74) is 1.23. The highest BCUT2D eigenvalue weighted by Crippen LogP contribution is 2.34. The average molecular weight is 265 g/mol. The lowest BCUT2D eigenvalue weighted by molar-refractivity contribution is -0.138. The van der Waals surface area contributed by atoms with E-state index in [1.807, 2.05) is 40.1 Å². The summed E-state index contributed by atoms with van der Waals surface area (Å²) in [4.78, 5) is 13.0. The van der Waals surface area contributed by atoms with Crippen molar-refractivity contribution in [3.63, 3.8) is 0 Å². The quantitative estimate of drug-likeness (QED) is 0.828. The van der Waals surface area contributed by atoms with Gasteiger partial charge in [0.2, 0.25) is 0 Å². The molecule has 0 heterocycles. The summed E-state index contributed by atoms with van der Waals surface area (Å²) >= 11 is 0. The summed E-state index contributed by atoms with van der Waals surface area (Å²) in [6, 6.07) is 5.46. The number of rotatable bonds is 6. The molecule has 4 heteroatoms. The molecule has 1 aromatic carbocycles. The van der Waals surface area contributed by atoms with E-state index >= 15 is 0 Å². The molecule has 0 spiro atoms. The van der Waals surface area contributed by atoms with Crippen molar-refractivity contribution in [2.75, 3.05) is 20.6 Å². The smallest absolute Gasteiger partial charge is 0.304 e. The van der Waals surface area contributed by atoms with Crippen LogP contribution in [0.25, 0.3) is 0 Å². The third kappa shape index (κ3) is 4.56. The standard InChI is InChI=1S/C15H23NO3/c1-15(2,10-14(18)19)12-9-11(5-6-13(12)17)7-8-16(3)4/h5-6,9,17H,7-8,10H2,1-4H3,(H,18,19). The lowest BCUT2D eigenvalue weighted by Crippen LogP contribution is -2.22. The molecule has 106 valence electrons. The van der Waals surface area contributed by atoms with Crippen molar-refractivity contribution in [2.45, 2.75) is 32.1 Å². The first-order chi connectivity index (χ1) is 8.72. The molecule has 0 radical (unpaired) electrons. The maximum absolute atomic E-state index is 10.9. The van der Waals surface area contributed by atoms with Gasteiger partial charge in [0.25, 0.3) is 0 Å². The first-order valence-corrected chi connectivity index (χ1v) is 6.41. The number of aliphatic carboxylic acids is 1. The normalized spacial score (nSPS) is 11.8. The number of benzene rings is 1. The molecule has 0 aromatic heterocycles. The predicted molar refractivity (Wildman–Crippen MR) is 75.6 cm³/mol. The van der Waals surface area contributed by atoms with E-state index in [-0.39, 0.29) is 12.2 Å². The fraction of sp³-hybridized carbons (Fsp3) is 0.533. The van der Waals surface area contributed by atoms with E-state index in [2.05, 4.69) is 4.90 Å². The minimum absolute atomic E-state index is 0.00229. The van der Waals surface area contributed by atoms with Crippen LogP contribution in [0.15, 0.2) is 18.2 Å². The summed E-state index contributed by atoms with van der Waals surface area (Å²) in [6.45, 7) is 4.60. The van der Waals surface area contributed by atoms with E-state index in [0.29, 0.717) is 5.56 Å². The molecular formula is C15H23NO3. The minimum atomic E-state index is -0.858. The van der Waals surface area contributed by atoms with Gasteiger partial charge in [-0.1, -0.05) is 26.0 Å². The molecule has 1 rings (SSSR count). The van der Waals surface area contributed by atoms with Crippen LogP contribution in [0, 0.1) is 0 Å². The van der Waals surface area contributed by atoms with Gasteiger partial charge in [-0.05, 0) is 32.1 Å². The number of nitrogens with zero attached hydrogens (tertiary/aromatic N) is 1. The molecule has 0 bridgehead atoms. The van der Waals surface area contributed by atoms with Crippen LogP contribution >= 0.6 is 0 Å². The van der Waals surface area contributed by atoms with Crippen LogP contribution in [0.2, 0.25) is 0 Å². The second-order valence-electron chi connectivity index (χ2n) is 5.86. The molecule has 0 amide bonds. The van der Waals surface area contributed by atoms with E-state index in [4.69, 9.17) is 5.11 Å². The van der Waals surface area contributed by atoms with Crippen LogP contribution in [-0.2, 0) is 16.6 Å². The monoisotopic (exact) mass is 265 g/mol. The van der Waals surface area contributed by atoms with Crippen LogP contribution in [-0.4, -0.2) is 41.7 Å². The molecule has 0 aliphatic heterocycles. The summed E-state index contributed by atoms with van der Waals surface area (Å²) in [5.74, 6) is -0.692. The van der Waals surface area contributed by atoms with Crippen LogP contribution < -0.4 is 0 Å². The van der Waals surface area contributed by atoms with Gasteiger partial charge in [0.1, 0.15) is 5.75 Å². The van der Waals surface area contributed by atoms with Gasteiger partial charge in [-0.15, -0.1) is 0 Å². The largest absolute Gasteiger partial charge is 0.508 e. The third-order valence-electron chi connectivity index (χ3n) is 3.23. The average Bonchev–Trinajstić information content (AvgIpc) is 2.25. The SMILES string of the molecule is CN(C)CCc1ccc(O)c(C(C)(C)CC(=O)O)c1. The number of aromatic hydroxyl groups is 1. The molecule has 0 atom stereocenters. The number of likely N-dealkylation sites (N-methyl/N-ethyl adjacent to an activating group) is 1. The number of carboxylic acid groups (broad SMARTS) is 1. The number of phenols is 1. The molecule has 0 fully saturated rings. The molecule has 0 unspecified atom stereocenters. The number of phenolic OH excluding ortho intramolecular Hbond substituents is 1. The fourth-order valence-corrected chi connectivity index (χ4v) is 2.11. The Morgan fingerprint density at radius 1 is 1.32 bits per heavy atom. The Kier molecular flexibility index (Phi) is 4.95. The van der Waals surface area contributed by atoms with Gasteiger partial charge in [-0.25, -0.2) is 0 Å². The molecule has 4 nitrogen and oxygen atoms in total. The Labute approximate surface area is 114 Å². The Morgan fingerprint density at radius 3 is 2.47 bits per heavy atom. The molecule has 0 saturated carbocycles. The van der Waals surface area contributed by atoms with Gasteiger partial charge < -0.3 is 15.1 Å². The fourth-order valence-electron chi connectivity index (χ4n) is 2.11. The highest BCUT2D eigenvalue weighted by molar-refractivity contribution is 5.69. The first kappa shape index (κ1) is 15.5. The van der Waals surface area contributed by atoms with Crippen molar-refractivity contribution in [1.29, 1.82) is 0 Å². The molecule has 1 aromatic rings. The molecule has 0 aliphatic rings. The zero-order valence-corrected chi connectivity index (χ0v) is 12.1. The summed E-state index contributed by atoms with van der Waals surface area (Å²) < 4.78 is 0. The second kappa shape index (κ2) is 6.06. The zero-order chi connectivity index (χ0) is 14.6. The Balaban J connectivity index is 2.99. The van der Waals surface area contributed by atoms with E-state index in [0.717, 1.165) is 18.5 Å². The van der Waals surface area contributed by atoms with Gasteiger partial charge in [0, 0.05) is 17.5 Å². The maximum Gasteiger partial charge on any atom is 0.304 e. The molecule has 0 saturated heterocycles. The van der Waals surface area contributed by atoms with Crippen LogP contribution in [0.1, 0.15) is 31.4 Å². The third-order valence-corrected chi connectivity index (χ3v) is 3.23. The Hall–Kier alpha value is -1.55. The lowest BCUT2D eigenvalue weighted by atomic mass is 9.80. The highest BCUT2D eigenvalue weighted by Gasteiger charge is 2.27. The van der Waals surface area contributed by atoms with Crippen molar-refractivity contribution >= 4 is 5.97 Å². The first-order valence-electron chi connectivity index (χ1n) is 6.41. The Bertz CT molecular complexity index is 453. The summed E-state index contributed by atoms with van der Waals surface area (Å²) in [5, 5.41) is 18.9. The van der Waals surface area contributed by atoms with Gasteiger partial charge in [-0.3, -0.25) is 4.79 Å². The van der Waals surface area contributed by atoms with Crippen molar-refractivity contribution in [2.24, 2.45) is 0 Å². The molecule has 2 N–H and O–H groups in total. The van der Waals surface area contributed by atoms with E-state index in [9.17, 15) is 9.90 Å². The predicted octanol–water partition coefficient (Wildman–Crippen LogP) is 2.25.